The predicted octanol–water partition coefficient (Wildman–Crippen LogP) is 2.44. The molecule has 1 saturated heterocycles. The number of anilines is 1. The van der Waals surface area contributed by atoms with Gasteiger partial charge in [-0.25, -0.2) is 0 Å². The molecule has 0 aromatic carbocycles. The molecule has 1 fully saturated rings. The van der Waals surface area contributed by atoms with E-state index in [1.807, 2.05) is 0 Å². The highest BCUT2D eigenvalue weighted by atomic mass is 32.2. The summed E-state index contributed by atoms with van der Waals surface area (Å²) < 4.78 is 12.8. The summed E-state index contributed by atoms with van der Waals surface area (Å²) in [5.74, 6) is 2.12. The van der Waals surface area contributed by atoms with Crippen LogP contribution in [0.5, 0.6) is 0 Å². The van der Waals surface area contributed by atoms with Crippen molar-refractivity contribution in [1.29, 1.82) is 0 Å². The third kappa shape index (κ3) is 4.82. The van der Waals surface area contributed by atoms with Gasteiger partial charge in [0.05, 0.1) is 18.4 Å². The minimum atomic E-state index is -0.151. The molecule has 2 aromatic heterocycles. The molecule has 1 atom stereocenters. The van der Waals surface area contributed by atoms with Gasteiger partial charge in [0, 0.05) is 19.1 Å². The Morgan fingerprint density at radius 3 is 3.04 bits per heavy atom. The van der Waals surface area contributed by atoms with Crippen LogP contribution in [0, 0.1) is 6.92 Å². The second kappa shape index (κ2) is 8.48. The summed E-state index contributed by atoms with van der Waals surface area (Å²) in [5, 5.41) is 15.8. The second-order valence-electron chi connectivity index (χ2n) is 6.05. The Hall–Kier alpha value is -1.87. The number of nitrogens with zero attached hydrogens (tertiary/aromatic N) is 4. The molecule has 1 amide bonds. The van der Waals surface area contributed by atoms with E-state index in [9.17, 15) is 4.79 Å². The zero-order chi connectivity index (χ0) is 17.6. The SMILES string of the molecule is CCCc1nnc(SCC(=O)Nc2cc(C)on2)n1C[C@@H]1CCCO1. The Balaban J connectivity index is 1.61. The van der Waals surface area contributed by atoms with Gasteiger partial charge in [-0.15, -0.1) is 10.2 Å². The molecule has 0 saturated carbocycles. The van der Waals surface area contributed by atoms with Crippen LogP contribution in [0.2, 0.25) is 0 Å². The molecule has 0 unspecified atom stereocenters. The van der Waals surface area contributed by atoms with Gasteiger partial charge in [-0.05, 0) is 26.2 Å². The van der Waals surface area contributed by atoms with Crippen molar-refractivity contribution in [3.63, 3.8) is 0 Å². The maximum atomic E-state index is 12.1. The molecule has 25 heavy (non-hydrogen) atoms. The highest BCUT2D eigenvalue weighted by Gasteiger charge is 2.21. The summed E-state index contributed by atoms with van der Waals surface area (Å²) in [7, 11) is 0. The summed E-state index contributed by atoms with van der Waals surface area (Å²) >= 11 is 1.37. The van der Waals surface area contributed by atoms with Crippen molar-refractivity contribution >= 4 is 23.5 Å². The first-order chi connectivity index (χ1) is 12.2. The number of hydrogen-bond acceptors (Lipinski definition) is 7. The van der Waals surface area contributed by atoms with E-state index in [1.54, 1.807) is 13.0 Å². The number of rotatable bonds is 8. The van der Waals surface area contributed by atoms with Crippen LogP contribution in [0.1, 0.15) is 37.8 Å². The smallest absolute Gasteiger partial charge is 0.236 e. The first kappa shape index (κ1) is 17.9. The lowest BCUT2D eigenvalue weighted by Gasteiger charge is -2.14. The lowest BCUT2D eigenvalue weighted by molar-refractivity contribution is -0.113. The number of hydrogen-bond donors (Lipinski definition) is 1. The van der Waals surface area contributed by atoms with Crippen LogP contribution in [-0.2, 0) is 22.5 Å². The van der Waals surface area contributed by atoms with Gasteiger partial charge in [-0.2, -0.15) is 0 Å². The molecular weight excluding hydrogens is 342 g/mol. The molecule has 1 aliphatic rings. The third-order valence-corrected chi connectivity index (χ3v) is 4.87. The molecule has 0 aliphatic carbocycles. The number of amides is 1. The second-order valence-corrected chi connectivity index (χ2v) is 7.00. The molecule has 0 radical (unpaired) electrons. The number of nitrogens with one attached hydrogen (secondary N) is 1. The number of carbonyl (C=O) groups is 1. The third-order valence-electron chi connectivity index (χ3n) is 3.91. The van der Waals surface area contributed by atoms with Crippen molar-refractivity contribution in [2.75, 3.05) is 17.7 Å². The van der Waals surface area contributed by atoms with Gasteiger partial charge >= 0.3 is 0 Å². The fourth-order valence-electron chi connectivity index (χ4n) is 2.74. The molecule has 2 aromatic rings. The zero-order valence-electron chi connectivity index (χ0n) is 14.5. The molecule has 0 spiro atoms. The van der Waals surface area contributed by atoms with E-state index in [1.165, 1.54) is 11.8 Å². The van der Waals surface area contributed by atoms with Crippen LogP contribution in [-0.4, -0.2) is 44.3 Å². The summed E-state index contributed by atoms with van der Waals surface area (Å²) in [6.45, 7) is 5.46. The molecule has 1 N–H and O–H groups in total. The summed E-state index contributed by atoms with van der Waals surface area (Å²) in [5.41, 5.74) is 0. The van der Waals surface area contributed by atoms with Crippen LogP contribution >= 0.6 is 11.8 Å². The van der Waals surface area contributed by atoms with Crippen LogP contribution in [0.25, 0.3) is 0 Å². The van der Waals surface area contributed by atoms with Gasteiger partial charge in [0.1, 0.15) is 11.6 Å². The molecule has 8 nitrogen and oxygen atoms in total. The van der Waals surface area contributed by atoms with Crippen LogP contribution in [0.3, 0.4) is 0 Å². The highest BCUT2D eigenvalue weighted by Crippen LogP contribution is 2.22. The van der Waals surface area contributed by atoms with E-state index in [0.29, 0.717) is 11.6 Å². The van der Waals surface area contributed by atoms with Crippen LogP contribution in [0.15, 0.2) is 15.7 Å². The lowest BCUT2D eigenvalue weighted by Crippen LogP contribution is -2.19. The van der Waals surface area contributed by atoms with E-state index in [-0.39, 0.29) is 17.8 Å². The predicted molar refractivity (Wildman–Crippen MR) is 93.6 cm³/mol. The Morgan fingerprint density at radius 2 is 2.36 bits per heavy atom. The number of carbonyl (C=O) groups excluding carboxylic acids is 1. The fraction of sp³-hybridized carbons (Fsp3) is 0.625. The maximum absolute atomic E-state index is 12.1. The molecule has 1 aliphatic heterocycles. The molecule has 3 heterocycles. The van der Waals surface area contributed by atoms with E-state index in [0.717, 1.165) is 49.8 Å². The van der Waals surface area contributed by atoms with Crippen molar-refractivity contribution in [2.45, 2.75) is 57.3 Å². The van der Waals surface area contributed by atoms with Crippen LogP contribution < -0.4 is 5.32 Å². The Labute approximate surface area is 150 Å². The van der Waals surface area contributed by atoms with Gasteiger partial charge < -0.3 is 19.1 Å². The number of thioether (sulfide) groups is 1. The molecule has 136 valence electrons. The molecule has 9 heteroatoms. The lowest BCUT2D eigenvalue weighted by atomic mass is 10.2. The minimum absolute atomic E-state index is 0.151. The van der Waals surface area contributed by atoms with Gasteiger partial charge in [0.25, 0.3) is 0 Å². The Bertz CT molecular complexity index is 708. The summed E-state index contributed by atoms with van der Waals surface area (Å²) in [6.07, 6.45) is 4.22. The van der Waals surface area contributed by atoms with Gasteiger partial charge in [0.2, 0.25) is 5.91 Å². The Kier molecular flexibility index (Phi) is 6.09. The van der Waals surface area contributed by atoms with E-state index in [4.69, 9.17) is 9.26 Å². The standard InChI is InChI=1S/C16H23N5O3S/c1-3-5-14-18-19-16(21(14)9-12-6-4-7-23-12)25-10-15(22)17-13-8-11(2)24-20-13/h8,12H,3-7,9-10H2,1-2H3,(H,17,20,22)/t12-/m0/s1. The largest absolute Gasteiger partial charge is 0.376 e. The first-order valence-electron chi connectivity index (χ1n) is 8.55. The number of aromatic nitrogens is 4. The van der Waals surface area contributed by atoms with Gasteiger partial charge in [-0.1, -0.05) is 23.8 Å². The highest BCUT2D eigenvalue weighted by molar-refractivity contribution is 7.99. The number of ether oxygens (including phenoxy) is 1. The molecular formula is C16H23N5O3S. The van der Waals surface area contributed by atoms with E-state index in [2.05, 4.69) is 32.2 Å². The maximum Gasteiger partial charge on any atom is 0.236 e. The monoisotopic (exact) mass is 365 g/mol. The summed E-state index contributed by atoms with van der Waals surface area (Å²) in [6, 6.07) is 1.68. The Morgan fingerprint density at radius 1 is 1.48 bits per heavy atom. The van der Waals surface area contributed by atoms with Crippen molar-refractivity contribution in [2.24, 2.45) is 0 Å². The summed E-state index contributed by atoms with van der Waals surface area (Å²) in [4.78, 5) is 12.1. The van der Waals surface area contributed by atoms with Gasteiger partial charge in [0.15, 0.2) is 11.0 Å². The quantitative estimate of drug-likeness (QED) is 0.718. The topological polar surface area (TPSA) is 95.1 Å². The minimum Gasteiger partial charge on any atom is -0.376 e. The zero-order valence-corrected chi connectivity index (χ0v) is 15.3. The van der Waals surface area contributed by atoms with Gasteiger partial charge in [-0.3, -0.25) is 4.79 Å². The molecule has 3 rings (SSSR count). The first-order valence-corrected chi connectivity index (χ1v) is 9.54. The van der Waals surface area contributed by atoms with Crippen molar-refractivity contribution < 1.29 is 14.1 Å². The number of aryl methyl sites for hydroxylation is 2. The van der Waals surface area contributed by atoms with Crippen molar-refractivity contribution in [3.05, 3.63) is 17.7 Å². The average Bonchev–Trinajstić information content (AvgIpc) is 3.31. The fourth-order valence-corrected chi connectivity index (χ4v) is 3.51. The average molecular weight is 365 g/mol. The van der Waals surface area contributed by atoms with E-state index < -0.39 is 0 Å². The van der Waals surface area contributed by atoms with Crippen molar-refractivity contribution in [3.8, 4) is 0 Å². The van der Waals surface area contributed by atoms with Crippen molar-refractivity contribution in [1.82, 2.24) is 19.9 Å². The normalized spacial score (nSPS) is 17.1. The molecule has 0 bridgehead atoms. The van der Waals surface area contributed by atoms with Crippen LogP contribution in [0.4, 0.5) is 5.82 Å². The van der Waals surface area contributed by atoms with E-state index >= 15 is 0 Å².